The maximum atomic E-state index is 5.93. The van der Waals surface area contributed by atoms with Crippen molar-refractivity contribution >= 4 is 11.3 Å². The Labute approximate surface area is 80.3 Å². The second-order valence-electron chi connectivity index (χ2n) is 3.69. The standard InChI is InChI=1S/C12H17N/c1-7(2)12-10(5)9(4)8(3)6-11(12)13/h6H,1,13H2,2-5H3. The number of allylic oxidation sites excluding steroid dienone is 1. The summed E-state index contributed by atoms with van der Waals surface area (Å²) in [6.45, 7) is 12.2. The van der Waals surface area contributed by atoms with Crippen LogP contribution in [0.25, 0.3) is 5.57 Å². The first-order valence-electron chi connectivity index (χ1n) is 4.47. The summed E-state index contributed by atoms with van der Waals surface area (Å²) in [7, 11) is 0. The molecule has 1 heteroatoms. The van der Waals surface area contributed by atoms with Gasteiger partial charge >= 0.3 is 0 Å². The summed E-state index contributed by atoms with van der Waals surface area (Å²) in [5.74, 6) is 0. The predicted octanol–water partition coefficient (Wildman–Crippen LogP) is 3.23. The Morgan fingerprint density at radius 2 is 1.77 bits per heavy atom. The summed E-state index contributed by atoms with van der Waals surface area (Å²) in [6.07, 6.45) is 0. The second-order valence-corrected chi connectivity index (χ2v) is 3.69. The van der Waals surface area contributed by atoms with E-state index in [1.54, 1.807) is 0 Å². The van der Waals surface area contributed by atoms with Crippen LogP contribution in [0.1, 0.15) is 29.2 Å². The number of anilines is 1. The third kappa shape index (κ3) is 1.59. The number of rotatable bonds is 1. The maximum Gasteiger partial charge on any atom is 0.0395 e. The second kappa shape index (κ2) is 3.25. The number of benzene rings is 1. The topological polar surface area (TPSA) is 26.0 Å². The molecule has 70 valence electrons. The Morgan fingerprint density at radius 3 is 2.23 bits per heavy atom. The Kier molecular flexibility index (Phi) is 2.46. The molecule has 0 saturated carbocycles. The lowest BCUT2D eigenvalue weighted by atomic mass is 9.93. The van der Waals surface area contributed by atoms with Crippen LogP contribution >= 0.6 is 0 Å². The molecule has 0 heterocycles. The highest BCUT2D eigenvalue weighted by Gasteiger charge is 2.08. The lowest BCUT2D eigenvalue weighted by Gasteiger charge is -2.14. The molecular formula is C12H17N. The van der Waals surface area contributed by atoms with Gasteiger partial charge in [-0.25, -0.2) is 0 Å². The molecule has 0 amide bonds. The van der Waals surface area contributed by atoms with Gasteiger partial charge in [-0.05, 0) is 56.0 Å². The minimum Gasteiger partial charge on any atom is -0.398 e. The van der Waals surface area contributed by atoms with Crippen LogP contribution in [0.15, 0.2) is 12.6 Å². The summed E-state index contributed by atoms with van der Waals surface area (Å²) in [6, 6.07) is 2.02. The predicted molar refractivity (Wildman–Crippen MR) is 59.8 cm³/mol. The monoisotopic (exact) mass is 175 g/mol. The van der Waals surface area contributed by atoms with E-state index in [0.29, 0.717) is 0 Å². The van der Waals surface area contributed by atoms with Gasteiger partial charge in [0.1, 0.15) is 0 Å². The first kappa shape index (κ1) is 9.85. The summed E-state index contributed by atoms with van der Waals surface area (Å²) in [5.41, 5.74) is 12.7. The van der Waals surface area contributed by atoms with Crippen molar-refractivity contribution in [3.8, 4) is 0 Å². The van der Waals surface area contributed by atoms with Crippen molar-refractivity contribution in [2.75, 3.05) is 5.73 Å². The molecule has 0 bridgehead atoms. The highest BCUT2D eigenvalue weighted by atomic mass is 14.6. The molecule has 0 saturated heterocycles. The van der Waals surface area contributed by atoms with E-state index in [1.807, 2.05) is 13.0 Å². The molecule has 13 heavy (non-hydrogen) atoms. The molecule has 0 aliphatic carbocycles. The molecule has 1 rings (SSSR count). The molecule has 0 aromatic heterocycles. The molecule has 0 aliphatic rings. The van der Waals surface area contributed by atoms with Gasteiger partial charge in [0.2, 0.25) is 0 Å². The molecular weight excluding hydrogens is 158 g/mol. The molecule has 0 radical (unpaired) electrons. The van der Waals surface area contributed by atoms with Crippen LogP contribution in [0.5, 0.6) is 0 Å². The fourth-order valence-corrected chi connectivity index (χ4v) is 1.68. The van der Waals surface area contributed by atoms with Crippen LogP contribution in [-0.2, 0) is 0 Å². The van der Waals surface area contributed by atoms with Crippen molar-refractivity contribution in [3.05, 3.63) is 34.9 Å². The van der Waals surface area contributed by atoms with E-state index >= 15 is 0 Å². The summed E-state index contributed by atoms with van der Waals surface area (Å²) in [5, 5.41) is 0. The van der Waals surface area contributed by atoms with E-state index in [2.05, 4.69) is 27.4 Å². The first-order chi connectivity index (χ1) is 5.95. The summed E-state index contributed by atoms with van der Waals surface area (Å²) >= 11 is 0. The average molecular weight is 175 g/mol. The normalized spacial score (nSPS) is 10.2. The molecule has 0 spiro atoms. The van der Waals surface area contributed by atoms with Crippen LogP contribution in [0.3, 0.4) is 0 Å². The largest absolute Gasteiger partial charge is 0.398 e. The third-order valence-corrected chi connectivity index (χ3v) is 2.62. The lowest BCUT2D eigenvalue weighted by Crippen LogP contribution is -1.99. The lowest BCUT2D eigenvalue weighted by molar-refractivity contribution is 1.25. The van der Waals surface area contributed by atoms with Crippen LogP contribution in [0, 0.1) is 20.8 Å². The number of hydrogen-bond acceptors (Lipinski definition) is 1. The fraction of sp³-hybridized carbons (Fsp3) is 0.333. The van der Waals surface area contributed by atoms with Gasteiger partial charge in [0.25, 0.3) is 0 Å². The van der Waals surface area contributed by atoms with Crippen LogP contribution in [0.4, 0.5) is 5.69 Å². The van der Waals surface area contributed by atoms with Crippen molar-refractivity contribution in [1.82, 2.24) is 0 Å². The van der Waals surface area contributed by atoms with Crippen LogP contribution in [0.2, 0.25) is 0 Å². The molecule has 1 aromatic rings. The SMILES string of the molecule is C=C(C)c1c(N)cc(C)c(C)c1C. The number of nitrogens with two attached hydrogens (primary N) is 1. The van der Waals surface area contributed by atoms with E-state index in [4.69, 9.17) is 5.73 Å². The van der Waals surface area contributed by atoms with Crippen LogP contribution < -0.4 is 5.73 Å². The van der Waals surface area contributed by atoms with Gasteiger partial charge in [0, 0.05) is 11.3 Å². The molecule has 0 atom stereocenters. The zero-order valence-electron chi connectivity index (χ0n) is 8.86. The van der Waals surface area contributed by atoms with E-state index in [-0.39, 0.29) is 0 Å². The molecule has 0 fully saturated rings. The van der Waals surface area contributed by atoms with Gasteiger partial charge in [-0.2, -0.15) is 0 Å². The van der Waals surface area contributed by atoms with Crippen molar-refractivity contribution in [1.29, 1.82) is 0 Å². The number of nitrogen functional groups attached to an aromatic ring is 1. The van der Waals surface area contributed by atoms with Gasteiger partial charge in [-0.3, -0.25) is 0 Å². The van der Waals surface area contributed by atoms with Crippen LogP contribution in [-0.4, -0.2) is 0 Å². The van der Waals surface area contributed by atoms with Gasteiger partial charge in [0.05, 0.1) is 0 Å². The van der Waals surface area contributed by atoms with Crippen molar-refractivity contribution < 1.29 is 0 Å². The van der Waals surface area contributed by atoms with Gasteiger partial charge in [-0.15, -0.1) is 0 Å². The minimum atomic E-state index is 0.841. The molecule has 0 aliphatic heterocycles. The molecule has 1 aromatic carbocycles. The Hall–Kier alpha value is -1.24. The van der Waals surface area contributed by atoms with Crippen molar-refractivity contribution in [2.24, 2.45) is 0 Å². The Bertz CT molecular complexity index is 362. The maximum absolute atomic E-state index is 5.93. The number of hydrogen-bond donors (Lipinski definition) is 1. The quantitative estimate of drug-likeness (QED) is 0.651. The van der Waals surface area contributed by atoms with Gasteiger partial charge in [0.15, 0.2) is 0 Å². The fourth-order valence-electron chi connectivity index (χ4n) is 1.68. The van der Waals surface area contributed by atoms with E-state index in [1.165, 1.54) is 16.7 Å². The minimum absolute atomic E-state index is 0.841. The van der Waals surface area contributed by atoms with Crippen molar-refractivity contribution in [2.45, 2.75) is 27.7 Å². The van der Waals surface area contributed by atoms with Gasteiger partial charge in [-0.1, -0.05) is 6.58 Å². The highest BCUT2D eigenvalue weighted by molar-refractivity contribution is 5.76. The molecule has 1 nitrogen and oxygen atoms in total. The summed E-state index contributed by atoms with van der Waals surface area (Å²) < 4.78 is 0. The van der Waals surface area contributed by atoms with E-state index in [0.717, 1.165) is 16.8 Å². The molecule has 2 N–H and O–H groups in total. The Morgan fingerprint density at radius 1 is 1.23 bits per heavy atom. The third-order valence-electron chi connectivity index (χ3n) is 2.62. The first-order valence-corrected chi connectivity index (χ1v) is 4.47. The Balaban J connectivity index is 3.53. The summed E-state index contributed by atoms with van der Waals surface area (Å²) in [4.78, 5) is 0. The van der Waals surface area contributed by atoms with Gasteiger partial charge < -0.3 is 5.73 Å². The smallest absolute Gasteiger partial charge is 0.0395 e. The zero-order valence-corrected chi connectivity index (χ0v) is 8.86. The number of aryl methyl sites for hydroxylation is 1. The van der Waals surface area contributed by atoms with Crippen molar-refractivity contribution in [3.63, 3.8) is 0 Å². The zero-order chi connectivity index (χ0) is 10.2. The van der Waals surface area contributed by atoms with E-state index < -0.39 is 0 Å². The van der Waals surface area contributed by atoms with E-state index in [9.17, 15) is 0 Å². The molecule has 0 unspecified atom stereocenters. The average Bonchev–Trinajstić information content (AvgIpc) is 1.99. The highest BCUT2D eigenvalue weighted by Crippen LogP contribution is 2.28.